The van der Waals surface area contributed by atoms with E-state index in [4.69, 9.17) is 0 Å². The quantitative estimate of drug-likeness (QED) is 0.665. The number of nitrogens with one attached hydrogen (secondary N) is 1. The fourth-order valence-corrected chi connectivity index (χ4v) is 1.91. The van der Waals surface area contributed by atoms with Crippen LogP contribution in [0.4, 0.5) is 0 Å². The minimum absolute atomic E-state index is 1.06. The van der Waals surface area contributed by atoms with Crippen molar-refractivity contribution in [2.45, 2.75) is 33.4 Å². The lowest BCUT2D eigenvalue weighted by Gasteiger charge is -2.05. The van der Waals surface area contributed by atoms with E-state index >= 15 is 0 Å². The van der Waals surface area contributed by atoms with Crippen LogP contribution in [0, 0.1) is 6.92 Å². The van der Waals surface area contributed by atoms with E-state index in [0.717, 1.165) is 19.5 Å². The highest BCUT2D eigenvalue weighted by molar-refractivity contribution is 5.39. The van der Waals surface area contributed by atoms with Crippen molar-refractivity contribution in [2.75, 3.05) is 0 Å². The number of hydrogen-bond donors (Lipinski definition) is 1. The van der Waals surface area contributed by atoms with Gasteiger partial charge in [-0.15, -0.1) is 0 Å². The summed E-state index contributed by atoms with van der Waals surface area (Å²) in [5.41, 5.74) is 5.93. The molecule has 2 rings (SSSR count). The Bertz CT molecular complexity index is 301. The highest BCUT2D eigenvalue weighted by Crippen LogP contribution is 2.20. The summed E-state index contributed by atoms with van der Waals surface area (Å²) < 4.78 is 0. The topological polar surface area (TPSA) is 12.0 Å². The van der Waals surface area contributed by atoms with Gasteiger partial charge < -0.3 is 5.32 Å². The lowest BCUT2D eigenvalue weighted by Crippen LogP contribution is -1.99. The lowest BCUT2D eigenvalue weighted by atomic mass is 9.99. The molecule has 1 nitrogen and oxygen atoms in total. The van der Waals surface area contributed by atoms with E-state index in [1.807, 2.05) is 0 Å². The van der Waals surface area contributed by atoms with Crippen LogP contribution in [0.15, 0.2) is 12.1 Å². The Balaban J connectivity index is 2.49. The lowest BCUT2D eigenvalue weighted by molar-refractivity contribution is 0.764. The maximum Gasteiger partial charge on any atom is 0.0212 e. The fraction of sp³-hybridized carbons (Fsp3) is 0.455. The number of rotatable bonds is 1. The zero-order valence-corrected chi connectivity index (χ0v) is 7.78. The van der Waals surface area contributed by atoms with Gasteiger partial charge in [-0.25, -0.2) is 0 Å². The van der Waals surface area contributed by atoms with Gasteiger partial charge in [0.05, 0.1) is 0 Å². The zero-order valence-electron chi connectivity index (χ0n) is 7.78. The van der Waals surface area contributed by atoms with Gasteiger partial charge >= 0.3 is 0 Å². The van der Waals surface area contributed by atoms with Gasteiger partial charge in [0.25, 0.3) is 0 Å². The monoisotopic (exact) mass is 161 g/mol. The molecule has 0 radical (unpaired) electrons. The number of hydrogen-bond acceptors (Lipinski definition) is 1. The van der Waals surface area contributed by atoms with Crippen LogP contribution in [0.25, 0.3) is 0 Å². The average molecular weight is 161 g/mol. The van der Waals surface area contributed by atoms with Gasteiger partial charge in [-0.3, -0.25) is 0 Å². The SMILES string of the molecule is CCc1cc2c(cc1C)CNC2. The molecule has 0 atom stereocenters. The van der Waals surface area contributed by atoms with Crippen LogP contribution in [0.3, 0.4) is 0 Å². The molecule has 1 heterocycles. The second kappa shape index (κ2) is 2.91. The van der Waals surface area contributed by atoms with Crippen molar-refractivity contribution >= 4 is 0 Å². The van der Waals surface area contributed by atoms with Crippen LogP contribution < -0.4 is 5.32 Å². The molecule has 1 N–H and O–H groups in total. The summed E-state index contributed by atoms with van der Waals surface area (Å²) in [7, 11) is 0. The molecule has 0 bridgehead atoms. The summed E-state index contributed by atoms with van der Waals surface area (Å²) in [4.78, 5) is 0. The predicted molar refractivity (Wildman–Crippen MR) is 51.1 cm³/mol. The Morgan fingerprint density at radius 3 is 2.58 bits per heavy atom. The van der Waals surface area contributed by atoms with Crippen molar-refractivity contribution in [2.24, 2.45) is 0 Å². The third-order valence-electron chi connectivity index (χ3n) is 2.67. The molecule has 0 spiro atoms. The summed E-state index contributed by atoms with van der Waals surface area (Å²) in [5.74, 6) is 0. The Hall–Kier alpha value is -0.820. The molecular formula is C11H15N. The van der Waals surface area contributed by atoms with Crippen LogP contribution in [-0.2, 0) is 19.5 Å². The van der Waals surface area contributed by atoms with Gasteiger partial charge in [0.15, 0.2) is 0 Å². The molecular weight excluding hydrogens is 146 g/mol. The second-order valence-corrected chi connectivity index (χ2v) is 3.50. The first-order valence-electron chi connectivity index (χ1n) is 4.63. The predicted octanol–water partition coefficient (Wildman–Crippen LogP) is 2.16. The summed E-state index contributed by atoms with van der Waals surface area (Å²) in [6.45, 7) is 6.54. The van der Waals surface area contributed by atoms with Crippen molar-refractivity contribution in [1.82, 2.24) is 5.32 Å². The second-order valence-electron chi connectivity index (χ2n) is 3.50. The van der Waals surface area contributed by atoms with E-state index in [9.17, 15) is 0 Å². The van der Waals surface area contributed by atoms with Gasteiger partial charge in [-0.2, -0.15) is 0 Å². The van der Waals surface area contributed by atoms with Crippen molar-refractivity contribution in [3.05, 3.63) is 34.4 Å². The van der Waals surface area contributed by atoms with Gasteiger partial charge in [-0.05, 0) is 35.6 Å². The molecule has 0 aromatic heterocycles. The van der Waals surface area contributed by atoms with Crippen LogP contribution in [0.2, 0.25) is 0 Å². The molecule has 1 aliphatic heterocycles. The molecule has 1 aromatic carbocycles. The first-order chi connectivity index (χ1) is 5.81. The van der Waals surface area contributed by atoms with Crippen LogP contribution >= 0.6 is 0 Å². The summed E-state index contributed by atoms with van der Waals surface area (Å²) in [6, 6.07) is 4.68. The van der Waals surface area contributed by atoms with Gasteiger partial charge in [-0.1, -0.05) is 19.1 Å². The van der Waals surface area contributed by atoms with E-state index in [0.29, 0.717) is 0 Å². The molecule has 0 amide bonds. The van der Waals surface area contributed by atoms with Crippen molar-refractivity contribution in [1.29, 1.82) is 0 Å². The molecule has 64 valence electrons. The van der Waals surface area contributed by atoms with E-state index in [-0.39, 0.29) is 0 Å². The zero-order chi connectivity index (χ0) is 8.55. The fourth-order valence-electron chi connectivity index (χ4n) is 1.91. The Morgan fingerprint density at radius 1 is 1.25 bits per heavy atom. The maximum atomic E-state index is 3.37. The molecule has 12 heavy (non-hydrogen) atoms. The first kappa shape index (κ1) is 7.81. The summed E-state index contributed by atoms with van der Waals surface area (Å²) >= 11 is 0. The van der Waals surface area contributed by atoms with Crippen molar-refractivity contribution in [3.63, 3.8) is 0 Å². The number of aryl methyl sites for hydroxylation is 2. The first-order valence-corrected chi connectivity index (χ1v) is 4.63. The van der Waals surface area contributed by atoms with Crippen LogP contribution in [0.1, 0.15) is 29.2 Å². The molecule has 0 saturated carbocycles. The Kier molecular flexibility index (Phi) is 1.89. The standard InChI is InChI=1S/C11H15N/c1-3-9-5-11-7-12-6-10(11)4-8(9)2/h4-5,12H,3,6-7H2,1-2H3. The van der Waals surface area contributed by atoms with E-state index in [1.165, 1.54) is 22.3 Å². The van der Waals surface area contributed by atoms with Gasteiger partial charge in [0, 0.05) is 13.1 Å². The minimum Gasteiger partial charge on any atom is -0.309 e. The summed E-state index contributed by atoms with van der Waals surface area (Å²) in [5, 5.41) is 3.37. The van der Waals surface area contributed by atoms with Gasteiger partial charge in [0.1, 0.15) is 0 Å². The molecule has 1 aromatic rings. The van der Waals surface area contributed by atoms with E-state index in [1.54, 1.807) is 0 Å². The summed E-state index contributed by atoms with van der Waals surface area (Å²) in [6.07, 6.45) is 1.15. The average Bonchev–Trinajstić information content (AvgIpc) is 2.49. The molecule has 1 aliphatic rings. The van der Waals surface area contributed by atoms with Crippen LogP contribution in [-0.4, -0.2) is 0 Å². The molecule has 0 aliphatic carbocycles. The van der Waals surface area contributed by atoms with E-state index in [2.05, 4.69) is 31.3 Å². The molecule has 1 heteroatoms. The maximum absolute atomic E-state index is 3.37. The van der Waals surface area contributed by atoms with E-state index < -0.39 is 0 Å². The molecule has 0 fully saturated rings. The van der Waals surface area contributed by atoms with Crippen molar-refractivity contribution in [3.8, 4) is 0 Å². The third-order valence-corrected chi connectivity index (χ3v) is 2.67. The number of benzene rings is 1. The van der Waals surface area contributed by atoms with Crippen LogP contribution in [0.5, 0.6) is 0 Å². The highest BCUT2D eigenvalue weighted by Gasteiger charge is 2.11. The number of fused-ring (bicyclic) bond motifs is 1. The highest BCUT2D eigenvalue weighted by atomic mass is 14.9. The Morgan fingerprint density at radius 2 is 1.92 bits per heavy atom. The molecule has 0 saturated heterocycles. The van der Waals surface area contributed by atoms with Crippen molar-refractivity contribution < 1.29 is 0 Å². The Labute approximate surface area is 73.8 Å². The molecule has 0 unspecified atom stereocenters. The van der Waals surface area contributed by atoms with Gasteiger partial charge in [0.2, 0.25) is 0 Å². The third kappa shape index (κ3) is 1.14. The minimum atomic E-state index is 1.06. The normalized spacial score (nSPS) is 14.8. The smallest absolute Gasteiger partial charge is 0.0212 e. The largest absolute Gasteiger partial charge is 0.309 e.